The maximum Gasteiger partial charge on any atom is 0.124 e. The molecule has 0 saturated heterocycles. The molecule has 0 aliphatic rings. The van der Waals surface area contributed by atoms with Gasteiger partial charge in [-0.25, -0.2) is 4.98 Å². The summed E-state index contributed by atoms with van der Waals surface area (Å²) in [5.74, 6) is 0. The van der Waals surface area contributed by atoms with Gasteiger partial charge < -0.3 is 0 Å². The summed E-state index contributed by atoms with van der Waals surface area (Å²) in [6.45, 7) is 2.12. The molecule has 0 aliphatic carbocycles. The highest BCUT2D eigenvalue weighted by molar-refractivity contribution is 7.20. The summed E-state index contributed by atoms with van der Waals surface area (Å²) >= 11 is 3.51. The van der Waals surface area contributed by atoms with Gasteiger partial charge in [0, 0.05) is 5.56 Å². The van der Waals surface area contributed by atoms with E-state index in [4.69, 9.17) is 4.98 Å². The molecule has 0 spiro atoms. The second-order valence-corrected chi connectivity index (χ2v) is 7.36. The molecule has 3 heteroatoms. The average Bonchev–Trinajstić information content (AvgIpc) is 3.25. The molecule has 0 radical (unpaired) electrons. The lowest BCUT2D eigenvalue weighted by molar-refractivity contribution is 1.40. The minimum absolute atomic E-state index is 1.08. The van der Waals surface area contributed by atoms with Crippen molar-refractivity contribution in [3.63, 3.8) is 0 Å². The lowest BCUT2D eigenvalue weighted by Gasteiger charge is -1.99. The molecule has 2 aromatic heterocycles. The molecule has 0 aliphatic heterocycles. The van der Waals surface area contributed by atoms with E-state index < -0.39 is 0 Å². The largest absolute Gasteiger partial charge is 0.235 e. The van der Waals surface area contributed by atoms with Crippen molar-refractivity contribution in [1.82, 2.24) is 4.98 Å². The summed E-state index contributed by atoms with van der Waals surface area (Å²) in [5.41, 5.74) is 4.77. The SMILES string of the molecule is Cc1cccc(-c2nc(-c3cccs3)c(-c3ccccc3)s2)c1. The van der Waals surface area contributed by atoms with E-state index in [0.717, 1.165) is 10.7 Å². The van der Waals surface area contributed by atoms with Gasteiger partial charge in [-0.3, -0.25) is 0 Å². The van der Waals surface area contributed by atoms with Crippen molar-refractivity contribution in [2.45, 2.75) is 6.92 Å². The predicted molar refractivity (Wildman–Crippen MR) is 101 cm³/mol. The molecule has 2 aromatic carbocycles. The minimum atomic E-state index is 1.08. The number of nitrogens with zero attached hydrogens (tertiary/aromatic N) is 1. The van der Waals surface area contributed by atoms with Gasteiger partial charge in [0.25, 0.3) is 0 Å². The smallest absolute Gasteiger partial charge is 0.124 e. The predicted octanol–water partition coefficient (Wildman–Crippen LogP) is 6.51. The van der Waals surface area contributed by atoms with Gasteiger partial charge >= 0.3 is 0 Å². The van der Waals surface area contributed by atoms with E-state index in [2.05, 4.69) is 79.0 Å². The first-order valence-electron chi connectivity index (χ1n) is 7.48. The Morgan fingerprint density at radius 2 is 1.65 bits per heavy atom. The van der Waals surface area contributed by atoms with Crippen LogP contribution in [0.4, 0.5) is 0 Å². The Labute approximate surface area is 143 Å². The molecule has 0 saturated carbocycles. The van der Waals surface area contributed by atoms with Gasteiger partial charge in [0.2, 0.25) is 0 Å². The molecule has 4 rings (SSSR count). The quantitative estimate of drug-likeness (QED) is 0.416. The Hall–Kier alpha value is -2.23. The number of aryl methyl sites for hydroxylation is 1. The summed E-state index contributed by atoms with van der Waals surface area (Å²) < 4.78 is 0. The van der Waals surface area contributed by atoms with Crippen LogP contribution in [0.3, 0.4) is 0 Å². The van der Waals surface area contributed by atoms with Gasteiger partial charge in [-0.2, -0.15) is 0 Å². The lowest BCUT2D eigenvalue weighted by atomic mass is 10.1. The first-order valence-corrected chi connectivity index (χ1v) is 9.18. The molecule has 1 nitrogen and oxygen atoms in total. The van der Waals surface area contributed by atoms with Gasteiger partial charge in [-0.05, 0) is 30.0 Å². The molecule has 0 N–H and O–H groups in total. The number of hydrogen-bond donors (Lipinski definition) is 0. The molecule has 4 aromatic rings. The molecule has 23 heavy (non-hydrogen) atoms. The van der Waals surface area contributed by atoms with E-state index in [-0.39, 0.29) is 0 Å². The van der Waals surface area contributed by atoms with Gasteiger partial charge in [-0.1, -0.05) is 60.2 Å². The zero-order valence-corrected chi connectivity index (χ0v) is 14.3. The zero-order valence-electron chi connectivity index (χ0n) is 12.7. The normalized spacial score (nSPS) is 10.8. The second kappa shape index (κ2) is 6.11. The van der Waals surface area contributed by atoms with Crippen molar-refractivity contribution in [3.05, 3.63) is 77.7 Å². The van der Waals surface area contributed by atoms with Crippen LogP contribution in [-0.4, -0.2) is 4.98 Å². The van der Waals surface area contributed by atoms with Gasteiger partial charge in [0.15, 0.2) is 0 Å². The number of thiazole rings is 1. The average molecular weight is 333 g/mol. The van der Waals surface area contributed by atoms with Gasteiger partial charge in [0.05, 0.1) is 15.4 Å². The van der Waals surface area contributed by atoms with Crippen LogP contribution in [0.5, 0.6) is 0 Å². The maximum atomic E-state index is 4.97. The second-order valence-electron chi connectivity index (χ2n) is 5.41. The van der Waals surface area contributed by atoms with Crippen LogP contribution in [-0.2, 0) is 0 Å². The van der Waals surface area contributed by atoms with Crippen LogP contribution in [0.2, 0.25) is 0 Å². The summed E-state index contributed by atoms with van der Waals surface area (Å²) in [4.78, 5) is 7.43. The first kappa shape index (κ1) is 14.4. The van der Waals surface area contributed by atoms with E-state index in [1.165, 1.54) is 26.4 Å². The molecule has 0 fully saturated rings. The number of aromatic nitrogens is 1. The van der Waals surface area contributed by atoms with Crippen molar-refractivity contribution < 1.29 is 0 Å². The lowest BCUT2D eigenvalue weighted by Crippen LogP contribution is -1.80. The number of rotatable bonds is 3. The van der Waals surface area contributed by atoms with Gasteiger partial charge in [-0.15, -0.1) is 22.7 Å². The topological polar surface area (TPSA) is 12.9 Å². The molecule has 0 unspecified atom stereocenters. The standard InChI is InChI=1S/C20H15NS2/c1-14-7-5-10-16(13-14)20-21-18(17-11-6-12-22-17)19(23-20)15-8-3-2-4-9-15/h2-13H,1H3. The van der Waals surface area contributed by atoms with Crippen LogP contribution < -0.4 is 0 Å². The monoisotopic (exact) mass is 333 g/mol. The summed E-state index contributed by atoms with van der Waals surface area (Å²) in [5, 5.41) is 3.19. The Morgan fingerprint density at radius 3 is 2.39 bits per heavy atom. The van der Waals surface area contributed by atoms with Crippen LogP contribution in [0.1, 0.15) is 5.56 Å². The molecule has 112 valence electrons. The third kappa shape index (κ3) is 2.85. The highest BCUT2D eigenvalue weighted by Gasteiger charge is 2.16. The van der Waals surface area contributed by atoms with E-state index >= 15 is 0 Å². The highest BCUT2D eigenvalue weighted by atomic mass is 32.1. The summed E-state index contributed by atoms with van der Waals surface area (Å²) in [7, 11) is 0. The number of thiophene rings is 1. The number of benzene rings is 2. The molecule has 0 atom stereocenters. The van der Waals surface area contributed by atoms with Crippen LogP contribution in [0.15, 0.2) is 72.1 Å². The first-order chi connectivity index (χ1) is 11.3. The van der Waals surface area contributed by atoms with E-state index in [1.54, 1.807) is 22.7 Å². The van der Waals surface area contributed by atoms with Crippen LogP contribution >= 0.6 is 22.7 Å². The minimum Gasteiger partial charge on any atom is -0.235 e. The van der Waals surface area contributed by atoms with Crippen LogP contribution in [0.25, 0.3) is 31.6 Å². The van der Waals surface area contributed by atoms with Crippen molar-refractivity contribution in [2.24, 2.45) is 0 Å². The fraction of sp³-hybridized carbons (Fsp3) is 0.0500. The molecule has 0 bridgehead atoms. The third-order valence-electron chi connectivity index (χ3n) is 3.68. The molecular formula is C20H15NS2. The van der Waals surface area contributed by atoms with E-state index in [0.29, 0.717) is 0 Å². The van der Waals surface area contributed by atoms with Crippen molar-refractivity contribution >= 4 is 22.7 Å². The Balaban J connectivity index is 1.91. The summed E-state index contributed by atoms with van der Waals surface area (Å²) in [6.07, 6.45) is 0. The molecular weight excluding hydrogens is 318 g/mol. The van der Waals surface area contributed by atoms with Crippen molar-refractivity contribution in [2.75, 3.05) is 0 Å². The fourth-order valence-electron chi connectivity index (χ4n) is 2.59. The highest BCUT2D eigenvalue weighted by Crippen LogP contribution is 2.41. The van der Waals surface area contributed by atoms with Crippen molar-refractivity contribution in [1.29, 1.82) is 0 Å². The molecule has 2 heterocycles. The van der Waals surface area contributed by atoms with Crippen LogP contribution in [0, 0.1) is 6.92 Å². The van der Waals surface area contributed by atoms with E-state index in [9.17, 15) is 0 Å². The Morgan fingerprint density at radius 1 is 0.826 bits per heavy atom. The van der Waals surface area contributed by atoms with E-state index in [1.807, 2.05) is 0 Å². The number of hydrogen-bond acceptors (Lipinski definition) is 3. The maximum absolute atomic E-state index is 4.97. The Bertz CT molecular complexity index is 921. The van der Waals surface area contributed by atoms with Gasteiger partial charge in [0.1, 0.15) is 5.01 Å². The fourth-order valence-corrected chi connectivity index (χ4v) is 4.45. The molecule has 0 amide bonds. The summed E-state index contributed by atoms with van der Waals surface area (Å²) in [6, 6.07) is 23.3. The Kier molecular flexibility index (Phi) is 3.82. The zero-order chi connectivity index (χ0) is 15.6. The third-order valence-corrected chi connectivity index (χ3v) is 5.71. The van der Waals surface area contributed by atoms with Crippen molar-refractivity contribution in [3.8, 4) is 31.6 Å².